The Bertz CT molecular complexity index is 818. The van der Waals surface area contributed by atoms with Gasteiger partial charge in [-0.05, 0) is 55.1 Å². The lowest BCUT2D eigenvalue weighted by Crippen LogP contribution is -2.36. The van der Waals surface area contributed by atoms with Gasteiger partial charge in [0.1, 0.15) is 6.10 Å². The number of aryl methyl sites for hydroxylation is 1. The Labute approximate surface area is 170 Å². The van der Waals surface area contributed by atoms with Crippen LogP contribution in [0.5, 0.6) is 0 Å². The van der Waals surface area contributed by atoms with Crippen molar-refractivity contribution in [1.82, 2.24) is 4.90 Å². The Morgan fingerprint density at radius 1 is 1.14 bits per heavy atom. The van der Waals surface area contributed by atoms with Crippen LogP contribution < -0.4 is 5.32 Å². The molecule has 0 saturated carbocycles. The summed E-state index contributed by atoms with van der Waals surface area (Å²) in [5, 5.41) is 2.53. The van der Waals surface area contributed by atoms with Crippen molar-refractivity contribution in [2.24, 2.45) is 0 Å². The summed E-state index contributed by atoms with van der Waals surface area (Å²) in [7, 11) is 2.07. The molecule has 0 bridgehead atoms. The van der Waals surface area contributed by atoms with Crippen molar-refractivity contribution in [3.63, 3.8) is 0 Å². The number of rotatable bonds is 6. The molecule has 5 nitrogen and oxygen atoms in total. The molecule has 1 saturated heterocycles. The van der Waals surface area contributed by atoms with E-state index in [1.807, 2.05) is 48.5 Å². The van der Waals surface area contributed by atoms with Gasteiger partial charge in [0.05, 0.1) is 5.69 Å². The molecule has 2 aromatic rings. The van der Waals surface area contributed by atoms with Gasteiger partial charge in [0.15, 0.2) is 0 Å². The van der Waals surface area contributed by atoms with Crippen LogP contribution in [-0.2, 0) is 16.0 Å². The third kappa shape index (κ3) is 5.81. The van der Waals surface area contributed by atoms with E-state index in [4.69, 9.17) is 16.3 Å². The van der Waals surface area contributed by atoms with Gasteiger partial charge in [-0.2, -0.15) is 0 Å². The van der Waals surface area contributed by atoms with E-state index < -0.39 is 6.09 Å². The number of amides is 1. The second kappa shape index (κ2) is 9.71. The Hall–Kier alpha value is -2.37. The lowest BCUT2D eigenvalue weighted by Gasteiger charge is -2.28. The molecule has 1 heterocycles. The van der Waals surface area contributed by atoms with Crippen LogP contribution >= 0.6 is 11.6 Å². The molecule has 3 rings (SSSR count). The molecule has 0 radical (unpaired) electrons. The molecule has 0 aromatic heterocycles. The SMILES string of the molecule is CN1CCC(OC(=O)Nc2cc(CCC(=O)Cl)ccc2-c2ccccc2)CC1. The molecular formula is C22H25ClN2O3. The molecule has 1 aliphatic rings. The first-order valence-corrected chi connectivity index (χ1v) is 9.92. The van der Waals surface area contributed by atoms with E-state index in [0.717, 1.165) is 42.6 Å². The van der Waals surface area contributed by atoms with E-state index in [-0.39, 0.29) is 17.8 Å². The van der Waals surface area contributed by atoms with Gasteiger partial charge in [0.2, 0.25) is 5.24 Å². The highest BCUT2D eigenvalue weighted by Gasteiger charge is 2.21. The predicted molar refractivity (Wildman–Crippen MR) is 112 cm³/mol. The van der Waals surface area contributed by atoms with Crippen LogP contribution in [0.3, 0.4) is 0 Å². The topological polar surface area (TPSA) is 58.6 Å². The Kier molecular flexibility index (Phi) is 7.06. The number of hydrogen-bond acceptors (Lipinski definition) is 4. The molecule has 2 aromatic carbocycles. The number of ether oxygens (including phenoxy) is 1. The number of nitrogens with zero attached hydrogens (tertiary/aromatic N) is 1. The first-order valence-electron chi connectivity index (χ1n) is 9.54. The first kappa shape index (κ1) is 20.4. The number of carbonyl (C=O) groups excluding carboxylic acids is 2. The molecule has 1 N–H and O–H groups in total. The lowest BCUT2D eigenvalue weighted by atomic mass is 10.00. The summed E-state index contributed by atoms with van der Waals surface area (Å²) in [6, 6.07) is 15.6. The van der Waals surface area contributed by atoms with Gasteiger partial charge < -0.3 is 9.64 Å². The molecule has 0 spiro atoms. The highest BCUT2D eigenvalue weighted by atomic mass is 35.5. The Morgan fingerprint density at radius 2 is 1.86 bits per heavy atom. The fourth-order valence-electron chi connectivity index (χ4n) is 3.36. The summed E-state index contributed by atoms with van der Waals surface area (Å²) < 4.78 is 5.62. The normalized spacial score (nSPS) is 15.2. The molecule has 0 atom stereocenters. The number of halogens is 1. The van der Waals surface area contributed by atoms with Crippen molar-refractivity contribution in [1.29, 1.82) is 0 Å². The second-order valence-electron chi connectivity index (χ2n) is 7.13. The van der Waals surface area contributed by atoms with Crippen LogP contribution in [0.15, 0.2) is 48.5 Å². The van der Waals surface area contributed by atoms with Gasteiger partial charge in [0, 0.05) is 25.1 Å². The largest absolute Gasteiger partial charge is 0.446 e. The molecule has 28 heavy (non-hydrogen) atoms. The number of anilines is 1. The highest BCUT2D eigenvalue weighted by Crippen LogP contribution is 2.30. The van der Waals surface area contributed by atoms with Crippen LogP contribution in [0, 0.1) is 0 Å². The zero-order valence-electron chi connectivity index (χ0n) is 16.0. The third-order valence-corrected chi connectivity index (χ3v) is 5.14. The molecule has 1 amide bonds. The summed E-state index contributed by atoms with van der Waals surface area (Å²) in [6.45, 7) is 1.85. The van der Waals surface area contributed by atoms with Gasteiger partial charge in [-0.15, -0.1) is 0 Å². The van der Waals surface area contributed by atoms with E-state index in [2.05, 4.69) is 17.3 Å². The Morgan fingerprint density at radius 3 is 2.54 bits per heavy atom. The fraction of sp³-hybridized carbons (Fsp3) is 0.364. The molecule has 0 unspecified atom stereocenters. The number of benzene rings is 2. The minimum absolute atomic E-state index is 0.0616. The monoisotopic (exact) mass is 400 g/mol. The Balaban J connectivity index is 1.76. The van der Waals surface area contributed by atoms with Crippen LogP contribution in [0.2, 0.25) is 0 Å². The highest BCUT2D eigenvalue weighted by molar-refractivity contribution is 6.63. The number of hydrogen-bond donors (Lipinski definition) is 1. The number of piperidine rings is 1. The van der Waals surface area contributed by atoms with E-state index in [9.17, 15) is 9.59 Å². The summed E-state index contributed by atoms with van der Waals surface area (Å²) in [6.07, 6.45) is 1.95. The van der Waals surface area contributed by atoms with Gasteiger partial charge >= 0.3 is 6.09 Å². The quantitative estimate of drug-likeness (QED) is 0.714. The van der Waals surface area contributed by atoms with Crippen molar-refractivity contribution in [2.45, 2.75) is 31.8 Å². The summed E-state index contributed by atoms with van der Waals surface area (Å²) in [4.78, 5) is 25.8. The molecular weight excluding hydrogens is 376 g/mol. The van der Waals surface area contributed by atoms with Crippen molar-refractivity contribution in [2.75, 3.05) is 25.5 Å². The van der Waals surface area contributed by atoms with E-state index in [1.54, 1.807) is 0 Å². The predicted octanol–water partition coefficient (Wildman–Crippen LogP) is 4.69. The zero-order chi connectivity index (χ0) is 19.9. The lowest BCUT2D eigenvalue weighted by molar-refractivity contribution is -0.111. The van der Waals surface area contributed by atoms with Gasteiger partial charge in [0.25, 0.3) is 0 Å². The van der Waals surface area contributed by atoms with E-state index in [1.165, 1.54) is 0 Å². The maximum absolute atomic E-state index is 12.5. The van der Waals surface area contributed by atoms with E-state index in [0.29, 0.717) is 12.1 Å². The maximum Gasteiger partial charge on any atom is 0.411 e. The van der Waals surface area contributed by atoms with Crippen molar-refractivity contribution < 1.29 is 14.3 Å². The summed E-state index contributed by atoms with van der Waals surface area (Å²) >= 11 is 5.47. The van der Waals surface area contributed by atoms with Crippen molar-refractivity contribution in [3.05, 3.63) is 54.1 Å². The molecule has 0 aliphatic carbocycles. The summed E-state index contributed by atoms with van der Waals surface area (Å²) in [5.41, 5.74) is 3.51. The third-order valence-electron chi connectivity index (χ3n) is 4.96. The van der Waals surface area contributed by atoms with E-state index >= 15 is 0 Å². The number of nitrogens with one attached hydrogen (secondary N) is 1. The first-order chi connectivity index (χ1) is 13.5. The van der Waals surface area contributed by atoms with Gasteiger partial charge in [-0.3, -0.25) is 10.1 Å². The smallest absolute Gasteiger partial charge is 0.411 e. The van der Waals surface area contributed by atoms with Crippen LogP contribution in [0.4, 0.5) is 10.5 Å². The molecule has 1 fully saturated rings. The van der Waals surface area contributed by atoms with Crippen molar-refractivity contribution >= 4 is 28.6 Å². The molecule has 148 valence electrons. The van der Waals surface area contributed by atoms with Gasteiger partial charge in [-0.1, -0.05) is 42.5 Å². The fourth-order valence-corrected chi connectivity index (χ4v) is 3.45. The van der Waals surface area contributed by atoms with Crippen LogP contribution in [0.25, 0.3) is 11.1 Å². The minimum Gasteiger partial charge on any atom is -0.446 e. The maximum atomic E-state index is 12.5. The van der Waals surface area contributed by atoms with Crippen LogP contribution in [0.1, 0.15) is 24.8 Å². The average Bonchev–Trinajstić information content (AvgIpc) is 2.69. The standard InChI is InChI=1S/C22H25ClN2O3/c1-25-13-11-18(12-14-25)28-22(27)24-20-15-16(8-10-21(23)26)7-9-19(20)17-5-3-2-4-6-17/h2-7,9,15,18H,8,10-14H2,1H3,(H,24,27). The summed E-state index contributed by atoms with van der Waals surface area (Å²) in [5.74, 6) is 0. The number of carbonyl (C=O) groups is 2. The average molecular weight is 401 g/mol. The number of likely N-dealkylation sites (tertiary alicyclic amines) is 1. The van der Waals surface area contributed by atoms with Crippen LogP contribution in [-0.4, -0.2) is 42.5 Å². The second-order valence-corrected chi connectivity index (χ2v) is 7.56. The van der Waals surface area contributed by atoms with Gasteiger partial charge in [-0.25, -0.2) is 4.79 Å². The van der Waals surface area contributed by atoms with Crippen molar-refractivity contribution in [3.8, 4) is 11.1 Å². The molecule has 1 aliphatic heterocycles. The zero-order valence-corrected chi connectivity index (χ0v) is 16.7. The molecule has 6 heteroatoms. The minimum atomic E-state index is -0.447.